The molecule has 8 heteroatoms. The summed E-state index contributed by atoms with van der Waals surface area (Å²) in [4.78, 5) is 4.23. The molecule has 0 spiro atoms. The van der Waals surface area contributed by atoms with E-state index in [0.717, 1.165) is 5.69 Å². The average molecular weight is 309 g/mol. The number of hydrogen-bond donors (Lipinski definition) is 1. The number of nitrogens with two attached hydrogens (primary N) is 1. The van der Waals surface area contributed by atoms with Crippen LogP contribution in [0.3, 0.4) is 0 Å². The van der Waals surface area contributed by atoms with Gasteiger partial charge in [-0.05, 0) is 19.1 Å². The number of sulfonamides is 1. The van der Waals surface area contributed by atoms with Gasteiger partial charge in [-0.3, -0.25) is 9.67 Å². The summed E-state index contributed by atoms with van der Waals surface area (Å²) in [6.07, 6.45) is 3.69. The van der Waals surface area contributed by atoms with Gasteiger partial charge in [0.25, 0.3) is 0 Å². The van der Waals surface area contributed by atoms with Crippen LogP contribution in [0.15, 0.2) is 35.5 Å². The lowest BCUT2D eigenvalue weighted by Crippen LogP contribution is -2.29. The Morgan fingerprint density at radius 2 is 2.14 bits per heavy atom. The Morgan fingerprint density at radius 3 is 2.71 bits per heavy atom. The van der Waals surface area contributed by atoms with Crippen LogP contribution in [0.2, 0.25) is 0 Å². The van der Waals surface area contributed by atoms with Crippen molar-refractivity contribution in [3.8, 4) is 0 Å². The minimum Gasteiger partial charge on any atom is -0.381 e. The lowest BCUT2D eigenvalue weighted by Gasteiger charge is -2.16. The fraction of sp³-hybridized carbons (Fsp3) is 0.385. The van der Waals surface area contributed by atoms with Crippen LogP contribution in [0.5, 0.6) is 0 Å². The van der Waals surface area contributed by atoms with Gasteiger partial charge in [-0.25, -0.2) is 12.7 Å². The zero-order chi connectivity index (χ0) is 15.5. The third-order valence-electron chi connectivity index (χ3n) is 3.18. The minimum atomic E-state index is -3.63. The van der Waals surface area contributed by atoms with Gasteiger partial charge in [0.05, 0.1) is 0 Å². The Kier molecular flexibility index (Phi) is 4.59. The predicted molar refractivity (Wildman–Crippen MR) is 80.1 cm³/mol. The topological polar surface area (TPSA) is 94.1 Å². The number of aryl methyl sites for hydroxylation is 1. The highest BCUT2D eigenvalue weighted by molar-refractivity contribution is 7.89. The van der Waals surface area contributed by atoms with Gasteiger partial charge >= 0.3 is 0 Å². The van der Waals surface area contributed by atoms with Crippen molar-refractivity contribution >= 4 is 15.8 Å². The molecule has 0 amide bonds. The quantitative estimate of drug-likeness (QED) is 0.849. The summed E-state index contributed by atoms with van der Waals surface area (Å²) < 4.78 is 27.7. The first-order valence-corrected chi connectivity index (χ1v) is 8.08. The maximum Gasteiger partial charge on any atom is 0.248 e. The molecule has 0 saturated carbocycles. The van der Waals surface area contributed by atoms with Crippen LogP contribution in [-0.2, 0) is 23.0 Å². The molecule has 0 aromatic carbocycles. The van der Waals surface area contributed by atoms with Gasteiger partial charge in [-0.2, -0.15) is 5.10 Å². The Bertz CT molecular complexity index is 697. The molecule has 2 rings (SSSR count). The van der Waals surface area contributed by atoms with E-state index < -0.39 is 10.0 Å². The molecule has 0 saturated heterocycles. The van der Waals surface area contributed by atoms with Gasteiger partial charge in [0.2, 0.25) is 10.0 Å². The smallest absolute Gasteiger partial charge is 0.248 e. The standard InChI is InChI=1S/C13H19N5O2S/c1-3-18-10-12(13(14)16-18)21(19,20)17(2)9-7-11-6-4-5-8-15-11/h4-6,8,10H,3,7,9H2,1-2H3,(H2,14,16). The summed E-state index contributed by atoms with van der Waals surface area (Å²) in [5, 5.41) is 3.97. The van der Waals surface area contributed by atoms with Gasteiger partial charge in [0, 0.05) is 44.6 Å². The second kappa shape index (κ2) is 6.23. The second-order valence-corrected chi connectivity index (χ2v) is 6.65. The maximum atomic E-state index is 12.5. The number of likely N-dealkylation sites (N-methyl/N-ethyl adjacent to an activating group) is 1. The van der Waals surface area contributed by atoms with E-state index in [-0.39, 0.29) is 10.7 Å². The molecule has 2 heterocycles. The molecule has 114 valence electrons. The normalized spacial score (nSPS) is 12.0. The Labute approximate surface area is 124 Å². The van der Waals surface area contributed by atoms with Crippen LogP contribution in [0, 0.1) is 0 Å². The lowest BCUT2D eigenvalue weighted by atomic mass is 10.3. The Morgan fingerprint density at radius 1 is 1.38 bits per heavy atom. The largest absolute Gasteiger partial charge is 0.381 e. The van der Waals surface area contributed by atoms with Crippen LogP contribution >= 0.6 is 0 Å². The Hall–Kier alpha value is -1.93. The average Bonchev–Trinajstić information content (AvgIpc) is 2.87. The summed E-state index contributed by atoms with van der Waals surface area (Å²) in [7, 11) is -2.10. The van der Waals surface area contributed by atoms with E-state index in [1.165, 1.54) is 22.2 Å². The van der Waals surface area contributed by atoms with Gasteiger partial charge in [0.1, 0.15) is 4.90 Å². The van der Waals surface area contributed by atoms with Gasteiger partial charge in [0.15, 0.2) is 5.82 Å². The van der Waals surface area contributed by atoms with Crippen LogP contribution in [0.1, 0.15) is 12.6 Å². The van der Waals surface area contributed by atoms with Gasteiger partial charge in [-0.15, -0.1) is 0 Å². The first-order chi connectivity index (χ1) is 9.95. The summed E-state index contributed by atoms with van der Waals surface area (Å²) >= 11 is 0. The number of nitrogen functional groups attached to an aromatic ring is 1. The van der Waals surface area contributed by atoms with E-state index in [4.69, 9.17) is 5.73 Å². The number of hydrogen-bond acceptors (Lipinski definition) is 5. The fourth-order valence-corrected chi connectivity index (χ4v) is 3.11. The van der Waals surface area contributed by atoms with Crippen molar-refractivity contribution in [2.75, 3.05) is 19.3 Å². The van der Waals surface area contributed by atoms with E-state index in [2.05, 4.69) is 10.1 Å². The van der Waals surface area contributed by atoms with E-state index in [1.54, 1.807) is 6.20 Å². The molecule has 2 N–H and O–H groups in total. The van der Waals surface area contributed by atoms with Crippen LogP contribution < -0.4 is 5.73 Å². The third kappa shape index (κ3) is 3.40. The van der Waals surface area contributed by atoms with Crippen LogP contribution in [-0.4, -0.2) is 41.1 Å². The highest BCUT2D eigenvalue weighted by atomic mass is 32.2. The van der Waals surface area contributed by atoms with E-state index in [1.807, 2.05) is 25.1 Å². The molecule has 0 aliphatic rings. The highest BCUT2D eigenvalue weighted by Gasteiger charge is 2.25. The molecule has 0 radical (unpaired) electrons. The molecule has 0 fully saturated rings. The van der Waals surface area contributed by atoms with Crippen molar-refractivity contribution in [3.63, 3.8) is 0 Å². The number of nitrogens with zero attached hydrogens (tertiary/aromatic N) is 4. The van der Waals surface area contributed by atoms with Crippen LogP contribution in [0.4, 0.5) is 5.82 Å². The summed E-state index contributed by atoms with van der Waals surface area (Å²) in [5.41, 5.74) is 6.54. The van der Waals surface area contributed by atoms with Crippen molar-refractivity contribution in [2.45, 2.75) is 24.8 Å². The summed E-state index contributed by atoms with van der Waals surface area (Å²) in [6, 6.07) is 5.56. The van der Waals surface area contributed by atoms with Crippen molar-refractivity contribution < 1.29 is 8.42 Å². The molecule has 21 heavy (non-hydrogen) atoms. The zero-order valence-corrected chi connectivity index (χ0v) is 12.9. The Balaban J connectivity index is 2.13. The first-order valence-electron chi connectivity index (χ1n) is 6.64. The first kappa shape index (κ1) is 15.5. The molecule has 0 aliphatic carbocycles. The number of pyridine rings is 1. The molecule has 2 aromatic rings. The zero-order valence-electron chi connectivity index (χ0n) is 12.1. The molecule has 0 unspecified atom stereocenters. The molecule has 0 atom stereocenters. The highest BCUT2D eigenvalue weighted by Crippen LogP contribution is 2.20. The van der Waals surface area contributed by atoms with Gasteiger partial charge in [-0.1, -0.05) is 6.07 Å². The summed E-state index contributed by atoms with van der Waals surface area (Å²) in [5.74, 6) is 0.0292. The third-order valence-corrected chi connectivity index (χ3v) is 5.05. The van der Waals surface area contributed by atoms with Crippen molar-refractivity contribution in [3.05, 3.63) is 36.3 Å². The molecule has 0 aliphatic heterocycles. The molecule has 2 aromatic heterocycles. The predicted octanol–water partition coefficient (Wildman–Crippen LogP) is 0.743. The maximum absolute atomic E-state index is 12.5. The fourth-order valence-electron chi connectivity index (χ4n) is 1.88. The molecular weight excluding hydrogens is 290 g/mol. The van der Waals surface area contributed by atoms with E-state index >= 15 is 0 Å². The number of anilines is 1. The van der Waals surface area contributed by atoms with Crippen molar-refractivity contribution in [1.29, 1.82) is 0 Å². The summed E-state index contributed by atoms with van der Waals surface area (Å²) in [6.45, 7) is 2.76. The number of rotatable bonds is 6. The van der Waals surface area contributed by atoms with E-state index in [9.17, 15) is 8.42 Å². The van der Waals surface area contributed by atoms with Crippen LogP contribution in [0.25, 0.3) is 0 Å². The van der Waals surface area contributed by atoms with E-state index in [0.29, 0.717) is 19.5 Å². The van der Waals surface area contributed by atoms with Crippen molar-refractivity contribution in [1.82, 2.24) is 19.1 Å². The number of aromatic nitrogens is 3. The SMILES string of the molecule is CCn1cc(S(=O)(=O)N(C)CCc2ccccn2)c(N)n1. The second-order valence-electron chi connectivity index (χ2n) is 4.63. The van der Waals surface area contributed by atoms with Gasteiger partial charge < -0.3 is 5.73 Å². The minimum absolute atomic E-state index is 0.0292. The molecule has 0 bridgehead atoms. The molecule has 7 nitrogen and oxygen atoms in total. The lowest BCUT2D eigenvalue weighted by molar-refractivity contribution is 0.471. The van der Waals surface area contributed by atoms with Crippen molar-refractivity contribution in [2.24, 2.45) is 0 Å². The monoisotopic (exact) mass is 309 g/mol. The molecular formula is C13H19N5O2S.